The molecule has 0 fully saturated rings. The summed E-state index contributed by atoms with van der Waals surface area (Å²) in [5.41, 5.74) is 5.22. The summed E-state index contributed by atoms with van der Waals surface area (Å²) in [6.45, 7) is 7.46. The van der Waals surface area contributed by atoms with Gasteiger partial charge in [-0.15, -0.1) is 0 Å². The van der Waals surface area contributed by atoms with Crippen molar-refractivity contribution in [2.45, 2.75) is 38.6 Å². The molecule has 0 aliphatic heterocycles. The highest BCUT2D eigenvalue weighted by molar-refractivity contribution is 5.57. The van der Waals surface area contributed by atoms with E-state index in [0.29, 0.717) is 0 Å². The van der Waals surface area contributed by atoms with E-state index in [1.54, 1.807) is 14.2 Å². The molecule has 3 rings (SSSR count). The number of ether oxygens (including phenoxy) is 2. The Labute approximate surface area is 157 Å². The predicted octanol–water partition coefficient (Wildman–Crippen LogP) is 5.01. The maximum atomic E-state index is 5.58. The van der Waals surface area contributed by atoms with E-state index in [0.717, 1.165) is 24.5 Å². The second-order valence-corrected chi connectivity index (χ2v) is 7.44. The SMILES string of the molecule is COc1cc2c(cc1OC)[C@](C)(c1ccccc1)C[C@@H]2NCC=C(C)C. The van der Waals surface area contributed by atoms with E-state index in [1.165, 1.54) is 22.3 Å². The van der Waals surface area contributed by atoms with Crippen molar-refractivity contribution >= 4 is 0 Å². The molecule has 2 aromatic rings. The third-order valence-corrected chi connectivity index (χ3v) is 5.42. The van der Waals surface area contributed by atoms with Gasteiger partial charge in [-0.05, 0) is 49.1 Å². The van der Waals surface area contributed by atoms with Gasteiger partial charge in [0.15, 0.2) is 11.5 Å². The lowest BCUT2D eigenvalue weighted by molar-refractivity contribution is 0.354. The topological polar surface area (TPSA) is 30.5 Å². The van der Waals surface area contributed by atoms with E-state index in [9.17, 15) is 0 Å². The van der Waals surface area contributed by atoms with Crippen LogP contribution in [0.2, 0.25) is 0 Å². The Morgan fingerprint density at radius 1 is 1.12 bits per heavy atom. The number of nitrogens with one attached hydrogen (secondary N) is 1. The van der Waals surface area contributed by atoms with Gasteiger partial charge in [0.2, 0.25) is 0 Å². The number of methoxy groups -OCH3 is 2. The van der Waals surface area contributed by atoms with Crippen molar-refractivity contribution in [2.24, 2.45) is 0 Å². The molecule has 0 heterocycles. The van der Waals surface area contributed by atoms with Crippen molar-refractivity contribution in [3.63, 3.8) is 0 Å². The van der Waals surface area contributed by atoms with Crippen molar-refractivity contribution in [1.82, 2.24) is 5.32 Å². The fourth-order valence-corrected chi connectivity index (χ4v) is 3.96. The van der Waals surface area contributed by atoms with Crippen LogP contribution >= 0.6 is 0 Å². The number of hydrogen-bond acceptors (Lipinski definition) is 3. The molecule has 1 aliphatic carbocycles. The molecule has 0 aromatic heterocycles. The Morgan fingerprint density at radius 2 is 1.77 bits per heavy atom. The number of rotatable bonds is 6. The van der Waals surface area contributed by atoms with Gasteiger partial charge in [0.05, 0.1) is 14.2 Å². The Kier molecular flexibility index (Phi) is 5.38. The predicted molar refractivity (Wildman–Crippen MR) is 107 cm³/mol. The van der Waals surface area contributed by atoms with Gasteiger partial charge in [0, 0.05) is 18.0 Å². The molecule has 26 heavy (non-hydrogen) atoms. The second kappa shape index (κ2) is 7.55. The molecule has 3 nitrogen and oxygen atoms in total. The first-order chi connectivity index (χ1) is 12.5. The van der Waals surface area contributed by atoms with Gasteiger partial charge in [-0.3, -0.25) is 0 Å². The van der Waals surface area contributed by atoms with Crippen LogP contribution < -0.4 is 14.8 Å². The van der Waals surface area contributed by atoms with Gasteiger partial charge < -0.3 is 14.8 Å². The largest absolute Gasteiger partial charge is 0.493 e. The summed E-state index contributed by atoms with van der Waals surface area (Å²) in [6, 6.07) is 15.3. The van der Waals surface area contributed by atoms with Crippen LogP contribution in [-0.4, -0.2) is 20.8 Å². The minimum Gasteiger partial charge on any atom is -0.493 e. The number of allylic oxidation sites excluding steroid dienone is 1. The van der Waals surface area contributed by atoms with Gasteiger partial charge in [-0.1, -0.05) is 48.9 Å². The van der Waals surface area contributed by atoms with Crippen LogP contribution in [0.3, 0.4) is 0 Å². The van der Waals surface area contributed by atoms with E-state index < -0.39 is 0 Å². The van der Waals surface area contributed by atoms with Crippen LogP contribution in [0, 0.1) is 0 Å². The molecule has 0 saturated heterocycles. The monoisotopic (exact) mass is 351 g/mol. The third-order valence-electron chi connectivity index (χ3n) is 5.42. The van der Waals surface area contributed by atoms with Gasteiger partial charge >= 0.3 is 0 Å². The smallest absolute Gasteiger partial charge is 0.161 e. The van der Waals surface area contributed by atoms with Gasteiger partial charge in [-0.2, -0.15) is 0 Å². The normalized spacial score (nSPS) is 21.2. The molecule has 2 atom stereocenters. The average Bonchev–Trinajstić information content (AvgIpc) is 2.93. The summed E-state index contributed by atoms with van der Waals surface area (Å²) in [6.07, 6.45) is 3.25. The van der Waals surface area contributed by atoms with E-state index in [4.69, 9.17) is 9.47 Å². The zero-order valence-corrected chi connectivity index (χ0v) is 16.4. The molecule has 0 unspecified atom stereocenters. The molecular weight excluding hydrogens is 322 g/mol. The molecule has 0 bridgehead atoms. The second-order valence-electron chi connectivity index (χ2n) is 7.44. The zero-order chi connectivity index (χ0) is 18.7. The van der Waals surface area contributed by atoms with Crippen LogP contribution in [-0.2, 0) is 5.41 Å². The molecule has 0 radical (unpaired) electrons. The lowest BCUT2D eigenvalue weighted by Crippen LogP contribution is -2.24. The number of benzene rings is 2. The fourth-order valence-electron chi connectivity index (χ4n) is 3.96. The number of hydrogen-bond donors (Lipinski definition) is 1. The van der Waals surface area contributed by atoms with Gasteiger partial charge in [0.1, 0.15) is 0 Å². The lowest BCUT2D eigenvalue weighted by Gasteiger charge is -2.27. The van der Waals surface area contributed by atoms with Crippen LogP contribution in [0.4, 0.5) is 0 Å². The molecule has 0 amide bonds. The number of fused-ring (bicyclic) bond motifs is 1. The summed E-state index contributed by atoms with van der Waals surface area (Å²) in [5.74, 6) is 1.58. The van der Waals surface area contributed by atoms with Crippen molar-refractivity contribution in [3.8, 4) is 11.5 Å². The summed E-state index contributed by atoms with van der Waals surface area (Å²) in [4.78, 5) is 0. The standard InChI is InChI=1S/C23H29NO2/c1-16(2)11-12-24-20-15-23(3,17-9-7-6-8-10-17)19-14-22(26-5)21(25-4)13-18(19)20/h6-11,13-14,20,24H,12,15H2,1-5H3/t20-,23-/m0/s1. The Bertz CT molecular complexity index is 793. The van der Waals surface area contributed by atoms with E-state index in [1.807, 2.05) is 0 Å². The summed E-state index contributed by atoms with van der Waals surface area (Å²) < 4.78 is 11.1. The minimum absolute atomic E-state index is 0.0568. The highest BCUT2D eigenvalue weighted by Gasteiger charge is 2.42. The van der Waals surface area contributed by atoms with Crippen molar-refractivity contribution in [3.05, 3.63) is 70.8 Å². The maximum absolute atomic E-state index is 5.58. The summed E-state index contributed by atoms with van der Waals surface area (Å²) >= 11 is 0. The van der Waals surface area contributed by atoms with E-state index in [-0.39, 0.29) is 11.5 Å². The van der Waals surface area contributed by atoms with Crippen LogP contribution in [0.25, 0.3) is 0 Å². The first kappa shape index (κ1) is 18.5. The van der Waals surface area contributed by atoms with Crippen LogP contribution in [0.15, 0.2) is 54.1 Å². The summed E-state index contributed by atoms with van der Waals surface area (Å²) in [5, 5.41) is 3.71. The van der Waals surface area contributed by atoms with Gasteiger partial charge in [-0.25, -0.2) is 0 Å². The molecule has 0 spiro atoms. The molecular formula is C23H29NO2. The van der Waals surface area contributed by atoms with Crippen LogP contribution in [0.1, 0.15) is 49.9 Å². The Balaban J connectivity index is 2.07. The first-order valence-electron chi connectivity index (χ1n) is 9.18. The fraction of sp³-hybridized carbons (Fsp3) is 0.391. The maximum Gasteiger partial charge on any atom is 0.161 e. The van der Waals surface area contributed by atoms with E-state index in [2.05, 4.69) is 74.6 Å². The first-order valence-corrected chi connectivity index (χ1v) is 9.18. The molecule has 1 N–H and O–H groups in total. The van der Waals surface area contributed by atoms with E-state index >= 15 is 0 Å². The Morgan fingerprint density at radius 3 is 2.38 bits per heavy atom. The molecule has 138 valence electrons. The quantitative estimate of drug-likeness (QED) is 0.742. The molecule has 2 aromatic carbocycles. The third kappa shape index (κ3) is 3.36. The van der Waals surface area contributed by atoms with Gasteiger partial charge in [0.25, 0.3) is 0 Å². The highest BCUT2D eigenvalue weighted by Crippen LogP contribution is 2.51. The Hall–Kier alpha value is -2.26. The van der Waals surface area contributed by atoms with Crippen molar-refractivity contribution in [1.29, 1.82) is 0 Å². The zero-order valence-electron chi connectivity index (χ0n) is 16.4. The molecule has 3 heteroatoms. The van der Waals surface area contributed by atoms with Crippen molar-refractivity contribution in [2.75, 3.05) is 20.8 Å². The van der Waals surface area contributed by atoms with Crippen molar-refractivity contribution < 1.29 is 9.47 Å². The molecule has 1 aliphatic rings. The van der Waals surface area contributed by atoms with Crippen LogP contribution in [0.5, 0.6) is 11.5 Å². The highest BCUT2D eigenvalue weighted by atomic mass is 16.5. The lowest BCUT2D eigenvalue weighted by atomic mass is 9.77. The molecule has 0 saturated carbocycles. The minimum atomic E-state index is -0.0568. The average molecular weight is 351 g/mol. The summed E-state index contributed by atoms with van der Waals surface area (Å²) in [7, 11) is 3.39.